The van der Waals surface area contributed by atoms with Crippen molar-refractivity contribution in [3.63, 3.8) is 0 Å². The molecule has 1 saturated heterocycles. The first-order valence-corrected chi connectivity index (χ1v) is 13.3. The Kier molecular flexibility index (Phi) is 5.20. The molecule has 1 aromatic rings. The Hall–Kier alpha value is -1.44. The summed E-state index contributed by atoms with van der Waals surface area (Å²) in [6.45, 7) is 1.65. The van der Waals surface area contributed by atoms with Crippen LogP contribution in [0.1, 0.15) is 68.4 Å². The van der Waals surface area contributed by atoms with E-state index in [0.717, 1.165) is 73.6 Å². The molecule has 7 heteroatoms. The summed E-state index contributed by atoms with van der Waals surface area (Å²) in [6, 6.07) is 6.12. The van der Waals surface area contributed by atoms with E-state index in [9.17, 15) is 19.8 Å². The number of rotatable bonds is 4. The number of carboxylic acid groups (broad SMARTS) is 1. The van der Waals surface area contributed by atoms with Crippen molar-refractivity contribution in [1.29, 1.82) is 0 Å². The van der Waals surface area contributed by atoms with Gasteiger partial charge < -0.3 is 20.8 Å². The van der Waals surface area contributed by atoms with Gasteiger partial charge in [-0.3, -0.25) is 9.59 Å². The smallest absolute Gasteiger partial charge is 0.303 e. The van der Waals surface area contributed by atoms with Gasteiger partial charge in [0.1, 0.15) is 0 Å². The van der Waals surface area contributed by atoms with Crippen molar-refractivity contribution in [3.05, 3.63) is 33.8 Å². The predicted molar refractivity (Wildman–Crippen MR) is 127 cm³/mol. The number of carbonyl (C=O) groups is 2. The van der Waals surface area contributed by atoms with Crippen LogP contribution in [-0.4, -0.2) is 46.8 Å². The Labute approximate surface area is 203 Å². The third-order valence-electron chi connectivity index (χ3n) is 9.66. The van der Waals surface area contributed by atoms with E-state index in [4.69, 9.17) is 0 Å². The van der Waals surface area contributed by atoms with Gasteiger partial charge in [0.25, 0.3) is 0 Å². The Morgan fingerprint density at radius 3 is 2.45 bits per heavy atom. The second-order valence-corrected chi connectivity index (χ2v) is 12.4. The van der Waals surface area contributed by atoms with E-state index < -0.39 is 11.6 Å². The fraction of sp³-hybridized carbons (Fsp3) is 0.692. The first-order valence-electron chi connectivity index (χ1n) is 12.5. The summed E-state index contributed by atoms with van der Waals surface area (Å²) in [5.41, 5.74) is 1.29. The van der Waals surface area contributed by atoms with Gasteiger partial charge in [-0.2, -0.15) is 0 Å². The van der Waals surface area contributed by atoms with Gasteiger partial charge in [-0.15, -0.1) is 0 Å². The number of benzene rings is 1. The number of carbonyl (C=O) groups excluding carboxylic acids is 1. The maximum absolute atomic E-state index is 14.2. The van der Waals surface area contributed by atoms with Gasteiger partial charge in [-0.25, -0.2) is 0 Å². The molecule has 1 aromatic carbocycles. The van der Waals surface area contributed by atoms with E-state index in [1.54, 1.807) is 0 Å². The summed E-state index contributed by atoms with van der Waals surface area (Å²) in [5.74, 6) is -0.283. The topological polar surface area (TPSA) is 98.7 Å². The Bertz CT molecular complexity index is 975. The molecule has 1 aliphatic heterocycles. The predicted octanol–water partition coefficient (Wildman–Crippen LogP) is 3.31. The maximum Gasteiger partial charge on any atom is 0.303 e. The van der Waals surface area contributed by atoms with Gasteiger partial charge in [0.15, 0.2) is 0 Å². The minimum Gasteiger partial charge on any atom is -0.481 e. The van der Waals surface area contributed by atoms with Crippen LogP contribution in [0.25, 0.3) is 0 Å². The number of fused-ring (bicyclic) bond motifs is 2. The minimum atomic E-state index is -0.855. The summed E-state index contributed by atoms with van der Waals surface area (Å²) in [5, 5.41) is 27.7. The van der Waals surface area contributed by atoms with Crippen LogP contribution in [0.15, 0.2) is 22.7 Å². The highest BCUT2D eigenvalue weighted by Crippen LogP contribution is 2.59. The lowest BCUT2D eigenvalue weighted by Gasteiger charge is -2.58. The first kappa shape index (κ1) is 22.1. The number of carboxylic acids is 1. The van der Waals surface area contributed by atoms with Gasteiger partial charge in [0.05, 0.1) is 17.9 Å². The highest BCUT2D eigenvalue weighted by molar-refractivity contribution is 9.10. The summed E-state index contributed by atoms with van der Waals surface area (Å²) in [4.78, 5) is 26.1. The largest absolute Gasteiger partial charge is 0.481 e. The Morgan fingerprint density at radius 2 is 1.82 bits per heavy atom. The third-order valence-corrected chi connectivity index (χ3v) is 10.3. The third kappa shape index (κ3) is 3.41. The van der Waals surface area contributed by atoms with Crippen LogP contribution in [0, 0.1) is 23.7 Å². The molecule has 1 heterocycles. The zero-order valence-corrected chi connectivity index (χ0v) is 20.4. The normalized spacial score (nSPS) is 40.1. The molecule has 4 unspecified atom stereocenters. The van der Waals surface area contributed by atoms with Crippen molar-refractivity contribution in [2.45, 2.75) is 74.3 Å². The lowest BCUT2D eigenvalue weighted by atomic mass is 9.52. The van der Waals surface area contributed by atoms with E-state index in [1.165, 1.54) is 0 Å². The van der Waals surface area contributed by atoms with Gasteiger partial charge >= 0.3 is 5.97 Å². The quantitative estimate of drug-likeness (QED) is 0.492. The zero-order valence-electron chi connectivity index (χ0n) is 18.9. The molecule has 0 aromatic heterocycles. The van der Waals surface area contributed by atoms with Gasteiger partial charge in [0.2, 0.25) is 5.91 Å². The fourth-order valence-corrected chi connectivity index (χ4v) is 9.63. The lowest BCUT2D eigenvalue weighted by Crippen LogP contribution is -2.63. The molecule has 7 rings (SSSR count). The molecule has 6 aliphatic rings. The number of hydrogen-bond acceptors (Lipinski definition) is 4. The van der Waals surface area contributed by atoms with Crippen LogP contribution in [0.4, 0.5) is 0 Å². The monoisotopic (exact) mass is 516 g/mol. The zero-order chi connectivity index (χ0) is 23.0. The molecule has 4 bridgehead atoms. The minimum absolute atomic E-state index is 0.0238. The summed E-state index contributed by atoms with van der Waals surface area (Å²) in [6.07, 6.45) is 6.30. The molecule has 178 valence electrons. The lowest BCUT2D eigenvalue weighted by molar-refractivity contribution is -0.150. The molecule has 4 saturated carbocycles. The second-order valence-electron chi connectivity index (χ2n) is 11.5. The fourth-order valence-electron chi connectivity index (χ4n) is 8.85. The van der Waals surface area contributed by atoms with Crippen LogP contribution in [0.5, 0.6) is 0 Å². The number of piperidine rings is 1. The number of amides is 1. The number of aliphatic hydroxyl groups is 1. The average molecular weight is 517 g/mol. The molecule has 5 aliphatic carbocycles. The second kappa shape index (κ2) is 7.79. The van der Waals surface area contributed by atoms with Gasteiger partial charge in [0, 0.05) is 21.8 Å². The molecule has 0 radical (unpaired) electrons. The van der Waals surface area contributed by atoms with E-state index >= 15 is 0 Å². The van der Waals surface area contributed by atoms with Crippen LogP contribution in [0.2, 0.25) is 0 Å². The summed E-state index contributed by atoms with van der Waals surface area (Å²) >= 11 is 3.76. The highest BCUT2D eigenvalue weighted by Gasteiger charge is 2.59. The van der Waals surface area contributed by atoms with Gasteiger partial charge in [-0.05, 0) is 93.0 Å². The van der Waals surface area contributed by atoms with Crippen molar-refractivity contribution >= 4 is 27.8 Å². The molecular formula is C26H33BrN2O4. The molecule has 4 atom stereocenters. The molecule has 1 amide bonds. The molecular weight excluding hydrogens is 484 g/mol. The average Bonchev–Trinajstić information content (AvgIpc) is 2.99. The molecule has 33 heavy (non-hydrogen) atoms. The van der Waals surface area contributed by atoms with Crippen molar-refractivity contribution in [1.82, 2.24) is 10.6 Å². The first-order chi connectivity index (χ1) is 15.8. The van der Waals surface area contributed by atoms with Crippen LogP contribution >= 0.6 is 15.9 Å². The van der Waals surface area contributed by atoms with E-state index in [0.29, 0.717) is 17.8 Å². The number of nitrogens with one attached hydrogen (secondary N) is 2. The van der Waals surface area contributed by atoms with E-state index in [1.807, 2.05) is 18.2 Å². The molecule has 6 nitrogen and oxygen atoms in total. The SMILES string of the molecule is O=C(O)CC1c2cccc(Br)c2C2(CCNCC2)C1C(=O)NC1C2CC3CC1CC(O)(C3)C2. The standard InChI is InChI=1S/C26H33BrN2O4/c27-19-3-1-2-17-18(10-20(30)31)22(26(21(17)19)4-6-28-7-5-26)24(32)29-23-15-8-14-9-16(23)13-25(33,11-14)12-15/h1-3,14-16,18,22-23,28,33H,4-13H2,(H,29,32)(H,30,31). The van der Waals surface area contributed by atoms with Crippen molar-refractivity contribution < 1.29 is 19.8 Å². The number of hydrogen-bond donors (Lipinski definition) is 4. The van der Waals surface area contributed by atoms with Gasteiger partial charge in [-0.1, -0.05) is 28.1 Å². The maximum atomic E-state index is 14.2. The summed E-state index contributed by atoms with van der Waals surface area (Å²) < 4.78 is 0.990. The summed E-state index contributed by atoms with van der Waals surface area (Å²) in [7, 11) is 0. The van der Waals surface area contributed by atoms with Crippen molar-refractivity contribution in [3.8, 4) is 0 Å². The Balaban J connectivity index is 1.36. The van der Waals surface area contributed by atoms with Crippen LogP contribution in [-0.2, 0) is 15.0 Å². The van der Waals surface area contributed by atoms with E-state index in [-0.39, 0.29) is 35.6 Å². The molecule has 5 fully saturated rings. The van der Waals surface area contributed by atoms with Crippen molar-refractivity contribution in [2.24, 2.45) is 23.7 Å². The van der Waals surface area contributed by atoms with Crippen LogP contribution < -0.4 is 10.6 Å². The Morgan fingerprint density at radius 1 is 1.12 bits per heavy atom. The van der Waals surface area contributed by atoms with E-state index in [2.05, 4.69) is 26.6 Å². The number of aliphatic carboxylic acids is 1. The molecule has 4 N–H and O–H groups in total. The highest BCUT2D eigenvalue weighted by atomic mass is 79.9. The number of halogens is 1. The van der Waals surface area contributed by atoms with Crippen LogP contribution in [0.3, 0.4) is 0 Å². The molecule has 1 spiro atoms. The van der Waals surface area contributed by atoms with Crippen molar-refractivity contribution in [2.75, 3.05) is 13.1 Å².